The first kappa shape index (κ1) is 9.51. The second-order valence-electron chi connectivity index (χ2n) is 3.18. The van der Waals surface area contributed by atoms with Crippen LogP contribution in [0.1, 0.15) is 19.3 Å². The fraction of sp³-hybridized carbons (Fsp3) is 0.625. The van der Waals surface area contributed by atoms with Crippen molar-refractivity contribution in [2.45, 2.75) is 29.7 Å². The first-order valence-electron chi connectivity index (χ1n) is 4.66. The van der Waals surface area contributed by atoms with E-state index >= 15 is 0 Å². The van der Waals surface area contributed by atoms with Crippen LogP contribution in [0.15, 0.2) is 11.5 Å². The van der Waals surface area contributed by atoms with Gasteiger partial charge in [0.1, 0.15) is 6.33 Å². The molecule has 2 heterocycles. The van der Waals surface area contributed by atoms with Gasteiger partial charge in [0.05, 0.1) is 5.25 Å². The molecule has 5 nitrogen and oxygen atoms in total. The zero-order valence-corrected chi connectivity index (χ0v) is 8.51. The van der Waals surface area contributed by atoms with Crippen molar-refractivity contribution in [1.29, 1.82) is 0 Å². The van der Waals surface area contributed by atoms with Gasteiger partial charge in [0.15, 0.2) is 5.16 Å². The van der Waals surface area contributed by atoms with Crippen molar-refractivity contribution in [3.63, 3.8) is 0 Å². The van der Waals surface area contributed by atoms with Crippen LogP contribution < -0.4 is 5.32 Å². The van der Waals surface area contributed by atoms with Crippen LogP contribution >= 0.6 is 11.8 Å². The smallest absolute Gasteiger partial charge is 0.233 e. The Hall–Kier alpha value is -1.04. The lowest BCUT2D eigenvalue weighted by atomic mass is 10.2. The van der Waals surface area contributed by atoms with E-state index in [2.05, 4.69) is 20.5 Å². The Morgan fingerprint density at radius 1 is 1.50 bits per heavy atom. The van der Waals surface area contributed by atoms with Gasteiger partial charge in [-0.3, -0.25) is 9.89 Å². The molecule has 1 aromatic heterocycles. The topological polar surface area (TPSA) is 70.7 Å². The van der Waals surface area contributed by atoms with Gasteiger partial charge in [-0.1, -0.05) is 18.2 Å². The Bertz CT molecular complexity index is 300. The molecule has 0 bridgehead atoms. The maximum atomic E-state index is 11.5. The minimum absolute atomic E-state index is 0.0227. The van der Waals surface area contributed by atoms with E-state index in [1.165, 1.54) is 18.1 Å². The zero-order chi connectivity index (χ0) is 9.80. The van der Waals surface area contributed by atoms with Crippen LogP contribution in [0.4, 0.5) is 0 Å². The maximum Gasteiger partial charge on any atom is 0.233 e. The second kappa shape index (κ2) is 4.45. The number of H-pyrrole nitrogens is 1. The molecule has 0 aliphatic carbocycles. The zero-order valence-electron chi connectivity index (χ0n) is 7.69. The van der Waals surface area contributed by atoms with Crippen LogP contribution in [0.3, 0.4) is 0 Å². The van der Waals surface area contributed by atoms with Gasteiger partial charge < -0.3 is 5.32 Å². The molecule has 1 saturated heterocycles. The van der Waals surface area contributed by atoms with E-state index in [1.807, 2.05) is 0 Å². The van der Waals surface area contributed by atoms with Crippen LogP contribution in [-0.2, 0) is 4.79 Å². The summed E-state index contributed by atoms with van der Waals surface area (Å²) in [5.74, 6) is 0.115. The molecular formula is C8H12N4OS. The molecule has 1 aliphatic heterocycles. The lowest BCUT2D eigenvalue weighted by Gasteiger charge is -2.09. The monoisotopic (exact) mass is 212 g/mol. The molecule has 0 radical (unpaired) electrons. The molecule has 2 rings (SSSR count). The summed E-state index contributed by atoms with van der Waals surface area (Å²) < 4.78 is 0. The largest absolute Gasteiger partial charge is 0.355 e. The summed E-state index contributed by atoms with van der Waals surface area (Å²) in [6.07, 6.45) is 4.53. The molecular weight excluding hydrogens is 200 g/mol. The SMILES string of the molecule is O=C1NCCCCC1Sc1ncn[nH]1. The van der Waals surface area contributed by atoms with E-state index < -0.39 is 0 Å². The number of nitrogens with one attached hydrogen (secondary N) is 2. The summed E-state index contributed by atoms with van der Waals surface area (Å²) in [7, 11) is 0. The Morgan fingerprint density at radius 3 is 3.21 bits per heavy atom. The number of hydrogen-bond acceptors (Lipinski definition) is 4. The summed E-state index contributed by atoms with van der Waals surface area (Å²) in [4.78, 5) is 15.5. The molecule has 2 N–H and O–H groups in total. The number of carbonyl (C=O) groups excluding carboxylic acids is 1. The molecule has 14 heavy (non-hydrogen) atoms. The van der Waals surface area contributed by atoms with Gasteiger partial charge in [-0.15, -0.1) is 0 Å². The van der Waals surface area contributed by atoms with Crippen LogP contribution in [0.2, 0.25) is 0 Å². The number of nitrogens with zero attached hydrogens (tertiary/aromatic N) is 2. The number of hydrogen-bond donors (Lipinski definition) is 2. The Kier molecular flexibility index (Phi) is 3.03. The fourth-order valence-corrected chi connectivity index (χ4v) is 2.37. The van der Waals surface area contributed by atoms with Crippen molar-refractivity contribution in [3.05, 3.63) is 6.33 Å². The predicted molar refractivity (Wildman–Crippen MR) is 52.9 cm³/mol. The van der Waals surface area contributed by atoms with Crippen LogP contribution in [-0.4, -0.2) is 32.9 Å². The van der Waals surface area contributed by atoms with Crippen molar-refractivity contribution in [3.8, 4) is 0 Å². The molecule has 0 spiro atoms. The van der Waals surface area contributed by atoms with Crippen LogP contribution in [0.25, 0.3) is 0 Å². The third-order valence-corrected chi connectivity index (χ3v) is 3.29. The minimum Gasteiger partial charge on any atom is -0.355 e. The molecule has 1 atom stereocenters. The Labute approximate surface area is 86.1 Å². The van der Waals surface area contributed by atoms with Gasteiger partial charge in [0, 0.05) is 6.54 Å². The van der Waals surface area contributed by atoms with E-state index in [0.717, 1.165) is 25.8 Å². The van der Waals surface area contributed by atoms with Gasteiger partial charge in [-0.25, -0.2) is 4.98 Å². The summed E-state index contributed by atoms with van der Waals surface area (Å²) in [6.45, 7) is 0.798. The van der Waals surface area contributed by atoms with E-state index in [-0.39, 0.29) is 11.2 Å². The van der Waals surface area contributed by atoms with E-state index in [1.54, 1.807) is 0 Å². The number of aromatic amines is 1. The Morgan fingerprint density at radius 2 is 2.43 bits per heavy atom. The lowest BCUT2D eigenvalue weighted by molar-refractivity contribution is -0.120. The predicted octanol–water partition coefficient (Wildman–Crippen LogP) is 0.565. The summed E-state index contributed by atoms with van der Waals surface area (Å²) in [6, 6.07) is 0. The van der Waals surface area contributed by atoms with Crippen molar-refractivity contribution in [1.82, 2.24) is 20.5 Å². The molecule has 1 aromatic rings. The van der Waals surface area contributed by atoms with E-state index in [0.29, 0.717) is 5.16 Å². The van der Waals surface area contributed by atoms with Gasteiger partial charge in [-0.05, 0) is 12.8 Å². The van der Waals surface area contributed by atoms with Gasteiger partial charge in [0.2, 0.25) is 5.91 Å². The van der Waals surface area contributed by atoms with Crippen molar-refractivity contribution in [2.75, 3.05) is 6.54 Å². The number of amides is 1. The van der Waals surface area contributed by atoms with Crippen LogP contribution in [0.5, 0.6) is 0 Å². The van der Waals surface area contributed by atoms with Gasteiger partial charge in [-0.2, -0.15) is 5.10 Å². The summed E-state index contributed by atoms with van der Waals surface area (Å²) in [5, 5.41) is 10.1. The summed E-state index contributed by atoms with van der Waals surface area (Å²) in [5.41, 5.74) is 0. The Balaban J connectivity index is 1.98. The highest BCUT2D eigenvalue weighted by Gasteiger charge is 2.22. The normalized spacial score (nSPS) is 22.9. The standard InChI is InChI=1S/C8H12N4OS/c13-7-6(3-1-2-4-9-7)14-8-10-5-11-12-8/h5-6H,1-4H2,(H,9,13)(H,10,11,12). The van der Waals surface area contributed by atoms with Gasteiger partial charge in [0.25, 0.3) is 0 Å². The quantitative estimate of drug-likeness (QED) is 0.751. The van der Waals surface area contributed by atoms with Crippen molar-refractivity contribution >= 4 is 17.7 Å². The molecule has 1 fully saturated rings. The van der Waals surface area contributed by atoms with E-state index in [4.69, 9.17) is 0 Å². The first-order chi connectivity index (χ1) is 6.86. The van der Waals surface area contributed by atoms with Crippen molar-refractivity contribution < 1.29 is 4.79 Å². The first-order valence-corrected chi connectivity index (χ1v) is 5.54. The number of rotatable bonds is 2. The number of carbonyl (C=O) groups is 1. The molecule has 76 valence electrons. The highest BCUT2D eigenvalue weighted by atomic mass is 32.2. The molecule has 1 unspecified atom stereocenters. The number of thioether (sulfide) groups is 1. The second-order valence-corrected chi connectivity index (χ2v) is 4.38. The highest BCUT2D eigenvalue weighted by Crippen LogP contribution is 2.24. The van der Waals surface area contributed by atoms with E-state index in [9.17, 15) is 4.79 Å². The number of aromatic nitrogens is 3. The van der Waals surface area contributed by atoms with Crippen LogP contribution in [0, 0.1) is 0 Å². The molecule has 6 heteroatoms. The third kappa shape index (κ3) is 2.25. The molecule has 0 aromatic carbocycles. The maximum absolute atomic E-state index is 11.5. The van der Waals surface area contributed by atoms with Gasteiger partial charge >= 0.3 is 0 Å². The highest BCUT2D eigenvalue weighted by molar-refractivity contribution is 8.00. The molecule has 1 amide bonds. The molecule has 0 saturated carbocycles. The third-order valence-electron chi connectivity index (χ3n) is 2.13. The lowest BCUT2D eigenvalue weighted by Crippen LogP contribution is -2.30. The summed E-state index contributed by atoms with van der Waals surface area (Å²) >= 11 is 1.45. The molecule has 1 aliphatic rings. The minimum atomic E-state index is -0.0227. The van der Waals surface area contributed by atoms with Crippen molar-refractivity contribution in [2.24, 2.45) is 0 Å². The fourth-order valence-electron chi connectivity index (χ4n) is 1.41. The average Bonchev–Trinajstić information content (AvgIpc) is 2.60. The average molecular weight is 212 g/mol.